The molecule has 3 rings (SSSR count). The van der Waals surface area contributed by atoms with Gasteiger partial charge in [0.05, 0.1) is 35.4 Å². The van der Waals surface area contributed by atoms with Crippen molar-refractivity contribution in [3.8, 4) is 11.5 Å². The minimum atomic E-state index is -1.04. The third-order valence-electron chi connectivity index (χ3n) is 4.11. The topological polar surface area (TPSA) is 88.4 Å². The van der Waals surface area contributed by atoms with Gasteiger partial charge in [0.15, 0.2) is 16.7 Å². The summed E-state index contributed by atoms with van der Waals surface area (Å²) in [7, 11) is 4.63. The molecule has 0 atom stereocenters. The quantitative estimate of drug-likeness (QED) is 0.709. The summed E-state index contributed by atoms with van der Waals surface area (Å²) in [5, 5.41) is 9.96. The van der Waals surface area contributed by atoms with Crippen LogP contribution in [0.1, 0.15) is 15.9 Å². The molecule has 150 valence electrons. The Kier molecular flexibility index (Phi) is 6.14. The average molecular weight is 433 g/mol. The Hall–Kier alpha value is -2.97. The maximum absolute atomic E-state index is 12.6. The fourth-order valence-electron chi connectivity index (χ4n) is 2.59. The smallest absolute Gasteiger partial charge is 0.335 e. The highest BCUT2D eigenvalue weighted by atomic mass is 35.5. The van der Waals surface area contributed by atoms with E-state index in [2.05, 4.69) is 4.99 Å². The van der Waals surface area contributed by atoms with E-state index >= 15 is 0 Å². The molecule has 0 aromatic heterocycles. The van der Waals surface area contributed by atoms with E-state index in [-0.39, 0.29) is 11.5 Å². The summed E-state index contributed by atoms with van der Waals surface area (Å²) < 4.78 is 10.5. The Morgan fingerprint density at radius 1 is 1.21 bits per heavy atom. The molecular weight excluding hydrogens is 416 g/mol. The number of rotatable bonds is 5. The summed E-state index contributed by atoms with van der Waals surface area (Å²) in [5.41, 5.74) is 1.16. The zero-order chi connectivity index (χ0) is 21.1. The summed E-state index contributed by atoms with van der Waals surface area (Å²) in [6.07, 6.45) is 1.66. The number of methoxy groups -OCH3 is 2. The van der Waals surface area contributed by atoms with Gasteiger partial charge in [-0.1, -0.05) is 17.7 Å². The van der Waals surface area contributed by atoms with Crippen LogP contribution in [0.4, 0.5) is 5.69 Å². The molecular formula is C20H17ClN2O5S. The molecule has 0 radical (unpaired) electrons. The summed E-state index contributed by atoms with van der Waals surface area (Å²) in [5.74, 6) is -0.303. The number of aliphatic imine (C=N–C) groups is 1. The standard InChI is InChI=1S/C20H17ClN2O5S/c1-23-18(24)17(9-12-8-15(27-2)16(28-3)10-14(12)21)29-20(23)22-13-6-4-5-11(7-13)19(25)26/h4-10H,1-3H3,(H,25,26)/b17-9-,22-20?. The number of nitrogens with zero attached hydrogens (tertiary/aromatic N) is 2. The molecule has 2 aromatic rings. The highest BCUT2D eigenvalue weighted by molar-refractivity contribution is 8.18. The number of carbonyl (C=O) groups is 2. The molecule has 1 aliphatic heterocycles. The van der Waals surface area contributed by atoms with Gasteiger partial charge >= 0.3 is 5.97 Å². The molecule has 0 unspecified atom stereocenters. The van der Waals surface area contributed by atoms with E-state index < -0.39 is 5.97 Å². The first kappa shape index (κ1) is 20.8. The van der Waals surface area contributed by atoms with Gasteiger partial charge in [-0.2, -0.15) is 0 Å². The summed E-state index contributed by atoms with van der Waals surface area (Å²) in [4.78, 5) is 30.0. The van der Waals surface area contributed by atoms with Gasteiger partial charge in [-0.05, 0) is 47.7 Å². The van der Waals surface area contributed by atoms with E-state index in [4.69, 9.17) is 26.2 Å². The molecule has 0 aliphatic carbocycles. The van der Waals surface area contributed by atoms with Crippen LogP contribution in [-0.2, 0) is 4.79 Å². The lowest BCUT2D eigenvalue weighted by molar-refractivity contribution is -0.121. The van der Waals surface area contributed by atoms with Crippen molar-refractivity contribution in [2.45, 2.75) is 0 Å². The first-order valence-corrected chi connectivity index (χ1v) is 9.54. The molecule has 1 saturated heterocycles. The van der Waals surface area contributed by atoms with Gasteiger partial charge in [0, 0.05) is 13.1 Å². The van der Waals surface area contributed by atoms with Crippen LogP contribution < -0.4 is 9.47 Å². The van der Waals surface area contributed by atoms with Crippen molar-refractivity contribution >= 4 is 52.2 Å². The van der Waals surface area contributed by atoms with Crippen LogP contribution in [0.2, 0.25) is 5.02 Å². The number of amidine groups is 1. The van der Waals surface area contributed by atoms with Crippen molar-refractivity contribution in [1.29, 1.82) is 0 Å². The number of halogens is 1. The van der Waals surface area contributed by atoms with Gasteiger partial charge in [-0.25, -0.2) is 9.79 Å². The second-order valence-corrected chi connectivity index (χ2v) is 7.37. The lowest BCUT2D eigenvalue weighted by atomic mass is 10.1. The Morgan fingerprint density at radius 3 is 2.55 bits per heavy atom. The number of carboxylic acids is 1. The zero-order valence-corrected chi connectivity index (χ0v) is 17.4. The number of benzene rings is 2. The minimum absolute atomic E-state index is 0.122. The number of ether oxygens (including phenoxy) is 2. The zero-order valence-electron chi connectivity index (χ0n) is 15.8. The number of carbonyl (C=O) groups excluding carboxylic acids is 1. The van der Waals surface area contributed by atoms with Crippen LogP contribution in [0.25, 0.3) is 6.08 Å². The van der Waals surface area contributed by atoms with E-state index in [1.165, 1.54) is 43.0 Å². The van der Waals surface area contributed by atoms with Crippen LogP contribution >= 0.6 is 23.4 Å². The lowest BCUT2D eigenvalue weighted by Crippen LogP contribution is -2.23. The van der Waals surface area contributed by atoms with Crippen LogP contribution in [0.15, 0.2) is 46.3 Å². The SMILES string of the molecule is COc1cc(Cl)c(/C=C2\SC(=Nc3cccc(C(=O)O)c3)N(C)C2=O)cc1OC. The number of hydrogen-bond acceptors (Lipinski definition) is 6. The van der Waals surface area contributed by atoms with Crippen molar-refractivity contribution in [2.24, 2.45) is 4.99 Å². The molecule has 9 heteroatoms. The predicted molar refractivity (Wildman–Crippen MR) is 113 cm³/mol. The van der Waals surface area contributed by atoms with E-state index in [0.29, 0.717) is 37.8 Å². The minimum Gasteiger partial charge on any atom is -0.493 e. The van der Waals surface area contributed by atoms with Crippen LogP contribution in [0.3, 0.4) is 0 Å². The molecule has 0 bridgehead atoms. The normalized spacial score (nSPS) is 16.6. The molecule has 7 nitrogen and oxygen atoms in total. The Bertz CT molecular complexity index is 1050. The molecule has 0 saturated carbocycles. The molecule has 1 aliphatic rings. The molecule has 29 heavy (non-hydrogen) atoms. The summed E-state index contributed by atoms with van der Waals surface area (Å²) in [6, 6.07) is 9.50. The second kappa shape index (κ2) is 8.59. The van der Waals surface area contributed by atoms with E-state index in [9.17, 15) is 9.59 Å². The molecule has 0 spiro atoms. The lowest BCUT2D eigenvalue weighted by Gasteiger charge is -2.10. The van der Waals surface area contributed by atoms with Gasteiger partial charge in [0.2, 0.25) is 0 Å². The number of amides is 1. The first-order valence-electron chi connectivity index (χ1n) is 8.35. The number of likely N-dealkylation sites (N-methyl/N-ethyl adjacent to an activating group) is 1. The maximum Gasteiger partial charge on any atom is 0.335 e. The predicted octanol–water partition coefficient (Wildman–Crippen LogP) is 4.29. The van der Waals surface area contributed by atoms with Crippen LogP contribution in [-0.4, -0.2) is 48.3 Å². The molecule has 1 fully saturated rings. The maximum atomic E-state index is 12.6. The first-order chi connectivity index (χ1) is 13.8. The van der Waals surface area contributed by atoms with Gasteiger partial charge in [-0.3, -0.25) is 9.69 Å². The van der Waals surface area contributed by atoms with Crippen molar-refractivity contribution in [3.05, 3.63) is 57.5 Å². The summed E-state index contributed by atoms with van der Waals surface area (Å²) in [6.45, 7) is 0. The Morgan fingerprint density at radius 2 is 1.90 bits per heavy atom. The number of aromatic carboxylic acids is 1. The molecule has 2 aromatic carbocycles. The largest absolute Gasteiger partial charge is 0.493 e. The van der Waals surface area contributed by atoms with E-state index in [1.807, 2.05) is 0 Å². The fourth-order valence-corrected chi connectivity index (χ4v) is 3.78. The molecule has 1 heterocycles. The third-order valence-corrected chi connectivity index (χ3v) is 5.50. The average Bonchev–Trinajstić information content (AvgIpc) is 2.97. The van der Waals surface area contributed by atoms with Crippen molar-refractivity contribution in [2.75, 3.05) is 21.3 Å². The molecule has 1 N–H and O–H groups in total. The van der Waals surface area contributed by atoms with E-state index in [1.54, 1.807) is 37.4 Å². The van der Waals surface area contributed by atoms with Gasteiger partial charge in [-0.15, -0.1) is 0 Å². The number of thioether (sulfide) groups is 1. The Balaban J connectivity index is 1.95. The monoisotopic (exact) mass is 432 g/mol. The van der Waals surface area contributed by atoms with Crippen molar-refractivity contribution in [1.82, 2.24) is 4.90 Å². The highest BCUT2D eigenvalue weighted by Gasteiger charge is 2.30. The third kappa shape index (κ3) is 4.38. The van der Waals surface area contributed by atoms with Crippen molar-refractivity contribution in [3.63, 3.8) is 0 Å². The van der Waals surface area contributed by atoms with Gasteiger partial charge in [0.25, 0.3) is 5.91 Å². The Labute approximate surface area is 176 Å². The van der Waals surface area contributed by atoms with Crippen molar-refractivity contribution < 1.29 is 24.2 Å². The highest BCUT2D eigenvalue weighted by Crippen LogP contribution is 2.38. The van der Waals surface area contributed by atoms with Gasteiger partial charge in [0.1, 0.15) is 0 Å². The number of hydrogen-bond donors (Lipinski definition) is 1. The molecule has 1 amide bonds. The van der Waals surface area contributed by atoms with Crippen LogP contribution in [0, 0.1) is 0 Å². The summed E-state index contributed by atoms with van der Waals surface area (Å²) >= 11 is 7.48. The fraction of sp³-hybridized carbons (Fsp3) is 0.150. The van der Waals surface area contributed by atoms with Gasteiger partial charge < -0.3 is 14.6 Å². The van der Waals surface area contributed by atoms with Crippen LogP contribution in [0.5, 0.6) is 11.5 Å². The van der Waals surface area contributed by atoms with E-state index in [0.717, 1.165) is 0 Å². The number of carboxylic acid groups (broad SMARTS) is 1. The second-order valence-electron chi connectivity index (χ2n) is 5.95.